The predicted molar refractivity (Wildman–Crippen MR) is 105 cm³/mol. The number of phenolic OH excluding ortho intramolecular Hbond substituents is 1. The lowest BCUT2D eigenvalue weighted by Crippen LogP contribution is -2.02. The molecule has 0 spiro atoms. The molecule has 0 aliphatic carbocycles. The molecule has 0 saturated carbocycles. The number of hydrogen-bond acceptors (Lipinski definition) is 5. The molecule has 27 heavy (non-hydrogen) atoms. The third kappa shape index (κ3) is 3.69. The summed E-state index contributed by atoms with van der Waals surface area (Å²) in [6.45, 7) is 0.985. The first-order chi connectivity index (χ1) is 13.2. The van der Waals surface area contributed by atoms with Crippen molar-refractivity contribution in [3.05, 3.63) is 53.9 Å². The van der Waals surface area contributed by atoms with Crippen LogP contribution < -0.4 is 4.74 Å². The summed E-state index contributed by atoms with van der Waals surface area (Å²) in [4.78, 5) is 4.48. The molecule has 138 valence electrons. The second kappa shape index (κ2) is 7.61. The maximum absolute atomic E-state index is 9.85. The van der Waals surface area contributed by atoms with E-state index in [1.165, 1.54) is 26.4 Å². The molecule has 6 nitrogen and oxygen atoms in total. The van der Waals surface area contributed by atoms with Gasteiger partial charge in [-0.25, -0.2) is 0 Å². The van der Waals surface area contributed by atoms with Gasteiger partial charge in [0.25, 0.3) is 0 Å². The topological polar surface area (TPSA) is 72.5 Å². The molecule has 0 bridgehead atoms. The van der Waals surface area contributed by atoms with E-state index in [0.717, 1.165) is 41.4 Å². The number of methoxy groups -OCH3 is 1. The highest BCUT2D eigenvalue weighted by Gasteiger charge is 2.15. The fourth-order valence-corrected chi connectivity index (χ4v) is 3.33. The fraction of sp³-hybridized carbons (Fsp3) is 0.286. The largest absolute Gasteiger partial charge is 0.504 e. The molecule has 4 rings (SSSR count). The van der Waals surface area contributed by atoms with Gasteiger partial charge in [0.05, 0.1) is 12.8 Å². The number of nitrogens with zero attached hydrogens (tertiary/aromatic N) is 4. The number of benzene rings is 2. The van der Waals surface area contributed by atoms with Crippen LogP contribution in [-0.2, 0) is 13.0 Å². The van der Waals surface area contributed by atoms with E-state index in [2.05, 4.69) is 19.8 Å². The monoisotopic (exact) mass is 362 g/mol. The molecular formula is C21H22N4O2. The van der Waals surface area contributed by atoms with Crippen molar-refractivity contribution in [2.24, 2.45) is 4.99 Å². The number of aromatic nitrogens is 3. The molecule has 0 saturated heterocycles. The Hall–Kier alpha value is -3.15. The molecule has 0 radical (unpaired) electrons. The number of ether oxygens (including phenoxy) is 1. The third-order valence-electron chi connectivity index (χ3n) is 4.80. The molecule has 0 unspecified atom stereocenters. The van der Waals surface area contributed by atoms with E-state index >= 15 is 0 Å². The highest BCUT2D eigenvalue weighted by atomic mass is 16.5. The van der Waals surface area contributed by atoms with Crippen molar-refractivity contribution < 1.29 is 9.84 Å². The van der Waals surface area contributed by atoms with Gasteiger partial charge in [0.2, 0.25) is 0 Å². The predicted octanol–water partition coefficient (Wildman–Crippen LogP) is 4.14. The molecule has 0 fully saturated rings. The summed E-state index contributed by atoms with van der Waals surface area (Å²) in [5.41, 5.74) is 2.70. The van der Waals surface area contributed by atoms with Gasteiger partial charge in [-0.05, 0) is 60.9 Å². The van der Waals surface area contributed by atoms with Crippen molar-refractivity contribution >= 4 is 11.9 Å². The van der Waals surface area contributed by atoms with Gasteiger partial charge in [-0.3, -0.25) is 4.99 Å². The van der Waals surface area contributed by atoms with Gasteiger partial charge < -0.3 is 14.4 Å². The van der Waals surface area contributed by atoms with Crippen molar-refractivity contribution in [1.82, 2.24) is 14.8 Å². The van der Waals surface area contributed by atoms with Crippen LogP contribution in [0.25, 0.3) is 11.4 Å². The summed E-state index contributed by atoms with van der Waals surface area (Å²) in [6.07, 6.45) is 6.33. The highest BCUT2D eigenvalue weighted by molar-refractivity contribution is 5.83. The van der Waals surface area contributed by atoms with Crippen molar-refractivity contribution in [3.63, 3.8) is 0 Å². The number of rotatable bonds is 4. The Bertz CT molecular complexity index is 961. The molecule has 3 aromatic rings. The first kappa shape index (κ1) is 17.3. The lowest BCUT2D eigenvalue weighted by Gasteiger charge is -2.07. The summed E-state index contributed by atoms with van der Waals surface area (Å²) in [5, 5.41) is 18.6. The van der Waals surface area contributed by atoms with Crippen LogP contribution in [0.15, 0.2) is 47.5 Å². The van der Waals surface area contributed by atoms with E-state index < -0.39 is 0 Å². The van der Waals surface area contributed by atoms with Gasteiger partial charge in [0, 0.05) is 24.7 Å². The van der Waals surface area contributed by atoms with Gasteiger partial charge in [-0.1, -0.05) is 6.42 Å². The van der Waals surface area contributed by atoms with Crippen LogP contribution in [0.3, 0.4) is 0 Å². The summed E-state index contributed by atoms with van der Waals surface area (Å²) in [6, 6.07) is 13.2. The first-order valence-electron chi connectivity index (χ1n) is 9.18. The van der Waals surface area contributed by atoms with Gasteiger partial charge in [0.15, 0.2) is 17.3 Å². The zero-order valence-electron chi connectivity index (χ0n) is 15.3. The van der Waals surface area contributed by atoms with Crippen molar-refractivity contribution in [3.8, 4) is 22.9 Å². The van der Waals surface area contributed by atoms with Gasteiger partial charge >= 0.3 is 0 Å². The molecule has 1 aromatic heterocycles. The second-order valence-corrected chi connectivity index (χ2v) is 6.64. The third-order valence-corrected chi connectivity index (χ3v) is 4.80. The highest BCUT2D eigenvalue weighted by Crippen LogP contribution is 2.27. The van der Waals surface area contributed by atoms with E-state index in [1.54, 1.807) is 18.3 Å². The van der Waals surface area contributed by atoms with Crippen LogP contribution in [0.2, 0.25) is 0 Å². The van der Waals surface area contributed by atoms with Gasteiger partial charge in [0.1, 0.15) is 5.82 Å². The quantitative estimate of drug-likeness (QED) is 0.708. The molecular weight excluding hydrogens is 340 g/mol. The van der Waals surface area contributed by atoms with Crippen molar-refractivity contribution in [2.75, 3.05) is 7.11 Å². The smallest absolute Gasteiger partial charge is 0.163 e. The molecule has 2 heterocycles. The van der Waals surface area contributed by atoms with Crippen LogP contribution >= 0.6 is 0 Å². The standard InChI is InChI=1S/C21H22N4O2/c1-27-19-11-6-15(13-18(19)26)14-22-17-9-7-16(8-10-17)21-24-23-20-5-3-2-4-12-25(20)21/h6-11,13-14,26H,2-5,12H2,1H3. The average molecular weight is 362 g/mol. The van der Waals surface area contributed by atoms with Crippen molar-refractivity contribution in [2.45, 2.75) is 32.2 Å². The van der Waals surface area contributed by atoms with E-state index in [9.17, 15) is 5.11 Å². The minimum absolute atomic E-state index is 0.101. The van der Waals surface area contributed by atoms with Crippen LogP contribution in [0.4, 0.5) is 5.69 Å². The Morgan fingerprint density at radius 2 is 1.93 bits per heavy atom. The normalized spacial score (nSPS) is 14.1. The SMILES string of the molecule is COc1ccc(C=Nc2ccc(-c3nnc4n3CCCCC4)cc2)cc1O. The molecule has 6 heteroatoms. The molecule has 1 N–H and O–H groups in total. The summed E-state index contributed by atoms with van der Waals surface area (Å²) < 4.78 is 7.29. The Balaban J connectivity index is 1.53. The summed E-state index contributed by atoms with van der Waals surface area (Å²) in [5.74, 6) is 2.57. The number of aryl methyl sites for hydroxylation is 1. The zero-order chi connectivity index (χ0) is 18.6. The van der Waals surface area contributed by atoms with E-state index in [0.29, 0.717) is 5.75 Å². The Labute approximate surface area is 158 Å². The minimum atomic E-state index is 0.101. The summed E-state index contributed by atoms with van der Waals surface area (Å²) >= 11 is 0. The minimum Gasteiger partial charge on any atom is -0.504 e. The van der Waals surface area contributed by atoms with Gasteiger partial charge in [-0.15, -0.1) is 10.2 Å². The van der Waals surface area contributed by atoms with Crippen LogP contribution in [-0.4, -0.2) is 33.2 Å². The molecule has 0 amide bonds. The van der Waals surface area contributed by atoms with E-state index in [1.807, 2.05) is 30.3 Å². The Morgan fingerprint density at radius 3 is 2.70 bits per heavy atom. The van der Waals surface area contributed by atoms with E-state index in [4.69, 9.17) is 4.74 Å². The number of phenols is 1. The van der Waals surface area contributed by atoms with Crippen LogP contribution in [0.5, 0.6) is 11.5 Å². The lowest BCUT2D eigenvalue weighted by atomic mass is 10.2. The Morgan fingerprint density at radius 1 is 1.07 bits per heavy atom. The lowest BCUT2D eigenvalue weighted by molar-refractivity contribution is 0.373. The molecule has 0 atom stereocenters. The average Bonchev–Trinajstić information content (AvgIpc) is 2.95. The maximum atomic E-state index is 9.85. The Kier molecular flexibility index (Phi) is 4.87. The molecule has 1 aliphatic rings. The fourth-order valence-electron chi connectivity index (χ4n) is 3.33. The number of hydrogen-bond donors (Lipinski definition) is 1. The van der Waals surface area contributed by atoms with Crippen molar-refractivity contribution in [1.29, 1.82) is 0 Å². The maximum Gasteiger partial charge on any atom is 0.163 e. The van der Waals surface area contributed by atoms with Crippen LogP contribution in [0.1, 0.15) is 30.7 Å². The van der Waals surface area contributed by atoms with Gasteiger partial charge in [-0.2, -0.15) is 0 Å². The zero-order valence-corrected chi connectivity index (χ0v) is 15.3. The van der Waals surface area contributed by atoms with Crippen LogP contribution in [0, 0.1) is 0 Å². The van der Waals surface area contributed by atoms with E-state index in [-0.39, 0.29) is 5.75 Å². The summed E-state index contributed by atoms with van der Waals surface area (Å²) in [7, 11) is 1.53. The molecule has 1 aliphatic heterocycles. The number of aliphatic imine (C=N–C) groups is 1. The molecule has 2 aromatic carbocycles. The second-order valence-electron chi connectivity index (χ2n) is 6.64. The number of fused-ring (bicyclic) bond motifs is 1. The number of aromatic hydroxyl groups is 1. The first-order valence-corrected chi connectivity index (χ1v) is 9.18.